The second-order valence-corrected chi connectivity index (χ2v) is 5.49. The summed E-state index contributed by atoms with van der Waals surface area (Å²) in [4.78, 5) is 18.2. The molecule has 0 aliphatic carbocycles. The van der Waals surface area contributed by atoms with Crippen molar-refractivity contribution in [2.75, 3.05) is 19.6 Å². The summed E-state index contributed by atoms with van der Waals surface area (Å²) in [5.41, 5.74) is 0. The van der Waals surface area contributed by atoms with E-state index in [1.807, 2.05) is 12.1 Å². The second kappa shape index (κ2) is 7.22. The number of aromatic nitrogens is 3. The molecule has 2 aromatic heterocycles. The van der Waals surface area contributed by atoms with Crippen molar-refractivity contribution in [3.63, 3.8) is 0 Å². The van der Waals surface area contributed by atoms with Crippen molar-refractivity contribution in [1.82, 2.24) is 25.0 Å². The summed E-state index contributed by atoms with van der Waals surface area (Å²) >= 11 is 0. The summed E-state index contributed by atoms with van der Waals surface area (Å²) in [5, 5.41) is 7.00. The number of hydrogen-bond acceptors (Lipinski definition) is 5. The molecule has 1 aliphatic heterocycles. The Morgan fingerprint density at radius 3 is 2.95 bits per heavy atom. The first-order valence-corrected chi connectivity index (χ1v) is 7.69. The van der Waals surface area contributed by atoms with Crippen molar-refractivity contribution in [2.45, 2.75) is 31.8 Å². The number of rotatable bonds is 7. The Hall–Kier alpha value is -2.15. The van der Waals surface area contributed by atoms with E-state index in [0.29, 0.717) is 19.5 Å². The zero-order valence-corrected chi connectivity index (χ0v) is 12.5. The monoisotopic (exact) mass is 303 g/mol. The van der Waals surface area contributed by atoms with Crippen LogP contribution in [0, 0.1) is 0 Å². The van der Waals surface area contributed by atoms with E-state index in [9.17, 15) is 4.79 Å². The molecule has 1 amide bonds. The summed E-state index contributed by atoms with van der Waals surface area (Å²) in [7, 11) is 0. The summed E-state index contributed by atoms with van der Waals surface area (Å²) in [6.45, 7) is 3.23. The first-order chi connectivity index (χ1) is 10.8. The van der Waals surface area contributed by atoms with Crippen molar-refractivity contribution >= 4 is 5.91 Å². The number of hydrogen-bond donors (Lipinski definition) is 1. The van der Waals surface area contributed by atoms with Crippen LogP contribution in [0.15, 0.2) is 35.5 Å². The Balaban J connectivity index is 1.51. The molecule has 1 atom stereocenters. The van der Waals surface area contributed by atoms with Gasteiger partial charge in [0.05, 0.1) is 18.8 Å². The maximum absolute atomic E-state index is 12.0. The fourth-order valence-corrected chi connectivity index (χ4v) is 2.81. The molecule has 7 nitrogen and oxygen atoms in total. The molecule has 22 heavy (non-hydrogen) atoms. The van der Waals surface area contributed by atoms with Crippen LogP contribution in [0.4, 0.5) is 0 Å². The first kappa shape index (κ1) is 14.8. The molecule has 2 aromatic rings. The van der Waals surface area contributed by atoms with Gasteiger partial charge in [0.25, 0.3) is 0 Å². The molecule has 3 heterocycles. The maximum Gasteiger partial charge on any atom is 0.221 e. The average molecular weight is 303 g/mol. The SMILES string of the molecule is O=C(CCn1cncn1)NC[C@@H](c1ccco1)N1CCCC1. The molecule has 0 unspecified atom stereocenters. The van der Waals surface area contributed by atoms with Crippen molar-refractivity contribution < 1.29 is 9.21 Å². The fourth-order valence-electron chi connectivity index (χ4n) is 2.81. The highest BCUT2D eigenvalue weighted by molar-refractivity contribution is 5.75. The number of aryl methyl sites for hydroxylation is 1. The van der Waals surface area contributed by atoms with Gasteiger partial charge < -0.3 is 9.73 Å². The lowest BCUT2D eigenvalue weighted by Crippen LogP contribution is -2.36. The Morgan fingerprint density at radius 2 is 2.27 bits per heavy atom. The van der Waals surface area contributed by atoms with Crippen molar-refractivity contribution in [3.8, 4) is 0 Å². The maximum atomic E-state index is 12.0. The Morgan fingerprint density at radius 1 is 1.41 bits per heavy atom. The van der Waals surface area contributed by atoms with Crippen molar-refractivity contribution in [3.05, 3.63) is 36.8 Å². The van der Waals surface area contributed by atoms with E-state index in [1.165, 1.54) is 19.2 Å². The van der Waals surface area contributed by atoms with Crippen LogP contribution in [-0.2, 0) is 11.3 Å². The van der Waals surface area contributed by atoms with Crippen LogP contribution < -0.4 is 5.32 Å². The molecule has 1 fully saturated rings. The molecule has 0 spiro atoms. The van der Waals surface area contributed by atoms with Crippen LogP contribution in [0.25, 0.3) is 0 Å². The van der Waals surface area contributed by atoms with Gasteiger partial charge in [-0.25, -0.2) is 4.98 Å². The highest BCUT2D eigenvalue weighted by Crippen LogP contribution is 2.24. The smallest absolute Gasteiger partial charge is 0.221 e. The van der Waals surface area contributed by atoms with Gasteiger partial charge in [-0.2, -0.15) is 5.10 Å². The predicted octanol–water partition coefficient (Wildman–Crippen LogP) is 1.21. The van der Waals surface area contributed by atoms with Crippen LogP contribution in [0.5, 0.6) is 0 Å². The lowest BCUT2D eigenvalue weighted by atomic mass is 10.2. The van der Waals surface area contributed by atoms with Gasteiger partial charge in [0.1, 0.15) is 18.4 Å². The molecule has 3 rings (SSSR count). The van der Waals surface area contributed by atoms with E-state index in [2.05, 4.69) is 20.3 Å². The van der Waals surface area contributed by atoms with Gasteiger partial charge in [-0.3, -0.25) is 14.4 Å². The molecule has 1 N–H and O–H groups in total. The summed E-state index contributed by atoms with van der Waals surface area (Å²) < 4.78 is 7.20. The average Bonchev–Trinajstić information content (AvgIpc) is 3.27. The van der Waals surface area contributed by atoms with Gasteiger partial charge in [0.15, 0.2) is 0 Å². The third kappa shape index (κ3) is 3.73. The van der Waals surface area contributed by atoms with Crippen LogP contribution in [0.1, 0.15) is 31.1 Å². The van der Waals surface area contributed by atoms with Gasteiger partial charge in [-0.15, -0.1) is 0 Å². The molecule has 0 bridgehead atoms. The summed E-state index contributed by atoms with van der Waals surface area (Å²) in [6, 6.07) is 3.99. The number of furan rings is 1. The summed E-state index contributed by atoms with van der Waals surface area (Å²) in [6.07, 6.45) is 7.58. The van der Waals surface area contributed by atoms with E-state index in [1.54, 1.807) is 17.3 Å². The van der Waals surface area contributed by atoms with Crippen LogP contribution in [0.3, 0.4) is 0 Å². The molecule has 0 aromatic carbocycles. The number of carbonyl (C=O) groups is 1. The van der Waals surface area contributed by atoms with E-state index < -0.39 is 0 Å². The van der Waals surface area contributed by atoms with Crippen LogP contribution in [-0.4, -0.2) is 45.2 Å². The van der Waals surface area contributed by atoms with Gasteiger partial charge in [-0.05, 0) is 38.1 Å². The number of nitrogens with zero attached hydrogens (tertiary/aromatic N) is 4. The molecular formula is C15H21N5O2. The van der Waals surface area contributed by atoms with Crippen LogP contribution >= 0.6 is 0 Å². The van der Waals surface area contributed by atoms with E-state index >= 15 is 0 Å². The van der Waals surface area contributed by atoms with Crippen molar-refractivity contribution in [1.29, 1.82) is 0 Å². The number of likely N-dealkylation sites (tertiary alicyclic amines) is 1. The first-order valence-electron chi connectivity index (χ1n) is 7.69. The largest absolute Gasteiger partial charge is 0.468 e. The Kier molecular flexibility index (Phi) is 4.85. The third-order valence-corrected chi connectivity index (χ3v) is 3.98. The van der Waals surface area contributed by atoms with E-state index in [-0.39, 0.29) is 11.9 Å². The lowest BCUT2D eigenvalue weighted by molar-refractivity contribution is -0.121. The number of nitrogens with one attached hydrogen (secondary N) is 1. The van der Waals surface area contributed by atoms with Gasteiger partial charge in [-0.1, -0.05) is 0 Å². The lowest BCUT2D eigenvalue weighted by Gasteiger charge is -2.26. The highest BCUT2D eigenvalue weighted by Gasteiger charge is 2.25. The third-order valence-electron chi connectivity index (χ3n) is 3.98. The minimum atomic E-state index is 0.0197. The van der Waals surface area contributed by atoms with Crippen LogP contribution in [0.2, 0.25) is 0 Å². The number of amides is 1. The normalized spacial score (nSPS) is 16.7. The molecule has 0 radical (unpaired) electrons. The fraction of sp³-hybridized carbons (Fsp3) is 0.533. The zero-order chi connectivity index (χ0) is 15.2. The van der Waals surface area contributed by atoms with Gasteiger partial charge in [0.2, 0.25) is 5.91 Å². The van der Waals surface area contributed by atoms with Crippen molar-refractivity contribution in [2.24, 2.45) is 0 Å². The topological polar surface area (TPSA) is 76.2 Å². The summed E-state index contributed by atoms with van der Waals surface area (Å²) in [5.74, 6) is 0.935. The standard InChI is InChI=1S/C15H21N5O2/c21-15(5-8-20-12-16-11-18-20)17-10-13(14-4-3-9-22-14)19-6-1-2-7-19/h3-4,9,11-13H,1-2,5-8,10H2,(H,17,21)/t13-/m0/s1. The molecule has 118 valence electrons. The molecule has 0 saturated carbocycles. The van der Waals surface area contributed by atoms with Gasteiger partial charge >= 0.3 is 0 Å². The molecule has 1 saturated heterocycles. The minimum Gasteiger partial charge on any atom is -0.468 e. The predicted molar refractivity (Wildman–Crippen MR) is 79.9 cm³/mol. The second-order valence-electron chi connectivity index (χ2n) is 5.49. The van der Waals surface area contributed by atoms with Gasteiger partial charge in [0, 0.05) is 13.0 Å². The molecule has 7 heteroatoms. The molecule has 1 aliphatic rings. The zero-order valence-electron chi connectivity index (χ0n) is 12.5. The minimum absolute atomic E-state index is 0.0197. The van der Waals surface area contributed by atoms with E-state index in [0.717, 1.165) is 18.8 Å². The molecular weight excluding hydrogens is 282 g/mol. The number of carbonyl (C=O) groups excluding carboxylic acids is 1. The Bertz CT molecular complexity index is 561. The quantitative estimate of drug-likeness (QED) is 0.832. The van der Waals surface area contributed by atoms with E-state index in [4.69, 9.17) is 4.42 Å². The highest BCUT2D eigenvalue weighted by atomic mass is 16.3. The Labute approximate surface area is 129 Å².